The number of aromatic nitrogens is 2. The number of hydrogen-bond donors (Lipinski definition) is 0. The number of allylic oxidation sites excluding steroid dienone is 2. The molecule has 6 heteroatoms. The second-order valence-electron chi connectivity index (χ2n) is 7.42. The molecule has 26 heavy (non-hydrogen) atoms. The SMILES string of the molecule is Cc1c(N2C(=O)[C@@H]3[C@@H](C2=O)[C@H]2C=C[C@H]3C2)c(=O)n(-c2ccccc2)n1C. The highest BCUT2D eigenvalue weighted by Crippen LogP contribution is 2.53. The number of hydrogen-bond acceptors (Lipinski definition) is 3. The number of fused-ring (bicyclic) bond motifs is 5. The zero-order valence-corrected chi connectivity index (χ0v) is 14.6. The maximum atomic E-state index is 13.2. The quantitative estimate of drug-likeness (QED) is 0.613. The summed E-state index contributed by atoms with van der Waals surface area (Å²) in [7, 11) is 1.77. The Bertz CT molecular complexity index is 1000. The van der Waals surface area contributed by atoms with Crippen LogP contribution in [0.3, 0.4) is 0 Å². The minimum absolute atomic E-state index is 0.131. The van der Waals surface area contributed by atoms with E-state index in [0.29, 0.717) is 11.4 Å². The predicted octanol–water partition coefficient (Wildman–Crippen LogP) is 1.80. The monoisotopic (exact) mass is 349 g/mol. The fourth-order valence-electron chi connectivity index (χ4n) is 4.93. The van der Waals surface area contributed by atoms with Crippen LogP contribution >= 0.6 is 0 Å². The summed E-state index contributed by atoms with van der Waals surface area (Å²) in [5, 5.41) is 0. The Morgan fingerprint density at radius 2 is 1.50 bits per heavy atom. The summed E-state index contributed by atoms with van der Waals surface area (Å²) in [6.45, 7) is 1.78. The first-order valence-electron chi connectivity index (χ1n) is 8.91. The van der Waals surface area contributed by atoms with Crippen molar-refractivity contribution in [1.82, 2.24) is 9.36 Å². The first kappa shape index (κ1) is 15.4. The third kappa shape index (κ3) is 1.74. The zero-order chi connectivity index (χ0) is 18.2. The molecular formula is C20H19N3O3. The Kier molecular flexibility index (Phi) is 2.99. The molecule has 3 aliphatic rings. The van der Waals surface area contributed by atoms with Gasteiger partial charge in [0.1, 0.15) is 5.69 Å². The van der Waals surface area contributed by atoms with Gasteiger partial charge >= 0.3 is 0 Å². The molecule has 0 N–H and O–H groups in total. The van der Waals surface area contributed by atoms with Crippen LogP contribution in [0.4, 0.5) is 5.69 Å². The molecule has 1 aromatic heterocycles. The average molecular weight is 349 g/mol. The normalized spacial score (nSPS) is 29.1. The number of nitrogens with zero attached hydrogens (tertiary/aromatic N) is 3. The number of imide groups is 1. The van der Waals surface area contributed by atoms with Crippen molar-refractivity contribution in [3.63, 3.8) is 0 Å². The highest BCUT2D eigenvalue weighted by Gasteiger charge is 2.60. The van der Waals surface area contributed by atoms with E-state index in [4.69, 9.17) is 0 Å². The second-order valence-corrected chi connectivity index (χ2v) is 7.42. The van der Waals surface area contributed by atoms with Crippen molar-refractivity contribution in [2.45, 2.75) is 13.3 Å². The number of carbonyl (C=O) groups is 2. The fraction of sp³-hybridized carbons (Fsp3) is 0.350. The molecule has 4 atom stereocenters. The van der Waals surface area contributed by atoms with Gasteiger partial charge in [0.15, 0.2) is 0 Å². The summed E-state index contributed by atoms with van der Waals surface area (Å²) >= 11 is 0. The van der Waals surface area contributed by atoms with E-state index in [1.165, 1.54) is 9.58 Å². The number of para-hydroxylation sites is 1. The largest absolute Gasteiger partial charge is 0.296 e. The van der Waals surface area contributed by atoms with E-state index in [2.05, 4.69) is 12.2 Å². The molecule has 0 radical (unpaired) electrons. The minimum Gasteiger partial charge on any atom is -0.283 e. The third-order valence-corrected chi connectivity index (χ3v) is 6.22. The second kappa shape index (κ2) is 5.06. The zero-order valence-electron chi connectivity index (χ0n) is 14.6. The molecule has 2 amide bonds. The van der Waals surface area contributed by atoms with Gasteiger partial charge in [0.2, 0.25) is 11.8 Å². The topological polar surface area (TPSA) is 64.3 Å². The lowest BCUT2D eigenvalue weighted by Crippen LogP contribution is -2.36. The van der Waals surface area contributed by atoms with Gasteiger partial charge < -0.3 is 0 Å². The lowest BCUT2D eigenvalue weighted by Gasteiger charge is -2.15. The summed E-state index contributed by atoms with van der Waals surface area (Å²) in [6, 6.07) is 9.24. The van der Waals surface area contributed by atoms with E-state index in [1.54, 1.807) is 18.7 Å². The van der Waals surface area contributed by atoms with Crippen molar-refractivity contribution >= 4 is 17.5 Å². The minimum atomic E-state index is -0.335. The maximum absolute atomic E-state index is 13.2. The number of amides is 2. The van der Waals surface area contributed by atoms with E-state index < -0.39 is 0 Å². The van der Waals surface area contributed by atoms with E-state index in [-0.39, 0.29) is 46.7 Å². The van der Waals surface area contributed by atoms with Crippen molar-refractivity contribution in [2.75, 3.05) is 4.90 Å². The molecule has 132 valence electrons. The highest BCUT2D eigenvalue weighted by molar-refractivity contribution is 6.23. The van der Waals surface area contributed by atoms with Gasteiger partial charge in [-0.05, 0) is 37.3 Å². The average Bonchev–Trinajstić information content (AvgIpc) is 3.36. The first-order valence-corrected chi connectivity index (χ1v) is 8.91. The molecule has 5 rings (SSSR count). The number of benzene rings is 1. The van der Waals surface area contributed by atoms with Crippen molar-refractivity contribution in [3.8, 4) is 5.69 Å². The lowest BCUT2D eigenvalue weighted by atomic mass is 9.85. The summed E-state index contributed by atoms with van der Waals surface area (Å²) in [5.41, 5.74) is 1.18. The molecule has 1 saturated heterocycles. The van der Waals surface area contributed by atoms with Crippen LogP contribution in [0.25, 0.3) is 5.69 Å². The van der Waals surface area contributed by atoms with E-state index in [1.807, 2.05) is 30.3 Å². The van der Waals surface area contributed by atoms with Crippen LogP contribution in [-0.4, -0.2) is 21.2 Å². The van der Waals surface area contributed by atoms with Crippen LogP contribution in [-0.2, 0) is 16.6 Å². The smallest absolute Gasteiger partial charge is 0.283 e. The van der Waals surface area contributed by atoms with Crippen molar-refractivity contribution in [2.24, 2.45) is 30.7 Å². The Labute approximate surface area is 150 Å². The number of carbonyl (C=O) groups excluding carboxylic acids is 2. The molecular weight excluding hydrogens is 330 g/mol. The van der Waals surface area contributed by atoms with Crippen molar-refractivity contribution in [1.29, 1.82) is 0 Å². The Morgan fingerprint density at radius 1 is 0.923 bits per heavy atom. The van der Waals surface area contributed by atoms with Gasteiger partial charge in [-0.1, -0.05) is 30.4 Å². The van der Waals surface area contributed by atoms with E-state index in [0.717, 1.165) is 6.42 Å². The van der Waals surface area contributed by atoms with Gasteiger partial charge in [-0.25, -0.2) is 9.58 Å². The Balaban J connectivity index is 1.66. The van der Waals surface area contributed by atoms with Gasteiger partial charge in [0.05, 0.1) is 23.2 Å². The summed E-state index contributed by atoms with van der Waals surface area (Å²) in [4.78, 5) is 40.5. The highest BCUT2D eigenvalue weighted by atomic mass is 16.2. The molecule has 2 bridgehead atoms. The van der Waals surface area contributed by atoms with Crippen LogP contribution in [0, 0.1) is 30.6 Å². The summed E-state index contributed by atoms with van der Waals surface area (Å²) in [5.74, 6) is -0.785. The molecule has 0 unspecified atom stereocenters. The molecule has 0 spiro atoms. The molecule has 2 fully saturated rings. The Morgan fingerprint density at radius 3 is 2.08 bits per heavy atom. The molecule has 1 aliphatic heterocycles. The molecule has 1 aromatic carbocycles. The summed E-state index contributed by atoms with van der Waals surface area (Å²) < 4.78 is 3.21. The fourth-order valence-corrected chi connectivity index (χ4v) is 4.93. The first-order chi connectivity index (χ1) is 12.5. The third-order valence-electron chi connectivity index (χ3n) is 6.22. The van der Waals surface area contributed by atoms with Gasteiger partial charge in [-0.2, -0.15) is 0 Å². The van der Waals surface area contributed by atoms with Crippen molar-refractivity contribution < 1.29 is 9.59 Å². The molecule has 2 heterocycles. The predicted molar refractivity (Wildman–Crippen MR) is 96.0 cm³/mol. The lowest BCUT2D eigenvalue weighted by molar-refractivity contribution is -0.123. The van der Waals surface area contributed by atoms with Crippen LogP contribution in [0.2, 0.25) is 0 Å². The van der Waals surface area contributed by atoms with E-state index >= 15 is 0 Å². The van der Waals surface area contributed by atoms with Gasteiger partial charge in [0.25, 0.3) is 5.56 Å². The van der Waals surface area contributed by atoms with Crippen LogP contribution < -0.4 is 10.5 Å². The molecule has 2 aliphatic carbocycles. The number of rotatable bonds is 2. The van der Waals surface area contributed by atoms with Gasteiger partial charge in [0, 0.05) is 7.05 Å². The summed E-state index contributed by atoms with van der Waals surface area (Å²) in [6.07, 6.45) is 4.99. The molecule has 1 saturated carbocycles. The maximum Gasteiger partial charge on any atom is 0.296 e. The molecule has 2 aromatic rings. The standard InChI is InChI=1S/C20H19N3O3/c1-11-17(20(26)23(21(11)2)14-6-4-3-5-7-14)22-18(24)15-12-8-9-13(10-12)16(15)19(22)25/h3-9,12-13,15-16H,10H2,1-2H3/t12-,13-,15-,16-/m0/s1. The Hall–Kier alpha value is -2.89. The molecule has 6 nitrogen and oxygen atoms in total. The van der Waals surface area contributed by atoms with Gasteiger partial charge in [-0.3, -0.25) is 19.1 Å². The van der Waals surface area contributed by atoms with Gasteiger partial charge in [-0.15, -0.1) is 0 Å². The van der Waals surface area contributed by atoms with Crippen LogP contribution in [0.15, 0.2) is 47.3 Å². The van der Waals surface area contributed by atoms with Crippen LogP contribution in [0.5, 0.6) is 0 Å². The van der Waals surface area contributed by atoms with Crippen molar-refractivity contribution in [3.05, 3.63) is 58.5 Å². The van der Waals surface area contributed by atoms with Crippen LogP contribution in [0.1, 0.15) is 12.1 Å². The number of anilines is 1. The van der Waals surface area contributed by atoms with E-state index in [9.17, 15) is 14.4 Å².